The van der Waals surface area contributed by atoms with E-state index >= 15 is 0 Å². The molecule has 0 unspecified atom stereocenters. The van der Waals surface area contributed by atoms with Crippen LogP contribution < -0.4 is 4.90 Å². The average Bonchev–Trinajstić information content (AvgIpc) is 3.47. The molecule has 1 atom stereocenters. The Hall–Kier alpha value is -2.71. The van der Waals surface area contributed by atoms with Crippen LogP contribution in [0.1, 0.15) is 26.4 Å². The Morgan fingerprint density at radius 3 is 2.74 bits per heavy atom. The number of thioether (sulfide) groups is 1. The molecule has 31 heavy (non-hydrogen) atoms. The van der Waals surface area contributed by atoms with E-state index in [0.717, 1.165) is 17.2 Å². The van der Waals surface area contributed by atoms with Gasteiger partial charge in [0, 0.05) is 29.5 Å². The lowest BCUT2D eigenvalue weighted by atomic mass is 10.0. The minimum atomic E-state index is -1.18. The van der Waals surface area contributed by atoms with Crippen LogP contribution in [0.2, 0.25) is 0 Å². The van der Waals surface area contributed by atoms with Gasteiger partial charge in [-0.05, 0) is 30.5 Å². The molecule has 1 aromatic heterocycles. The van der Waals surface area contributed by atoms with Gasteiger partial charge in [-0.1, -0.05) is 29.8 Å². The van der Waals surface area contributed by atoms with Crippen molar-refractivity contribution < 1.29 is 18.4 Å². The fraction of sp³-hybridized carbons (Fsp3) is 0.217. The zero-order valence-electron chi connectivity index (χ0n) is 16.6. The lowest BCUT2D eigenvalue weighted by Gasteiger charge is -2.33. The van der Waals surface area contributed by atoms with E-state index in [-0.39, 0.29) is 23.9 Å². The summed E-state index contributed by atoms with van der Waals surface area (Å²) in [7, 11) is 0. The summed E-state index contributed by atoms with van der Waals surface area (Å²) >= 11 is 2.77. The number of carbonyl (C=O) groups is 2. The third-order valence-electron chi connectivity index (χ3n) is 5.67. The zero-order valence-corrected chi connectivity index (χ0v) is 18.2. The Balaban J connectivity index is 1.61. The van der Waals surface area contributed by atoms with Crippen molar-refractivity contribution in [3.63, 3.8) is 0 Å². The molecular weight excluding hydrogens is 438 g/mol. The molecule has 0 N–H and O–H groups in total. The van der Waals surface area contributed by atoms with E-state index in [9.17, 15) is 18.4 Å². The Bertz CT molecular complexity index is 1200. The van der Waals surface area contributed by atoms with Crippen molar-refractivity contribution in [3.8, 4) is 0 Å². The molecule has 2 aliphatic heterocycles. The van der Waals surface area contributed by atoms with Crippen molar-refractivity contribution in [3.05, 3.63) is 87.1 Å². The second kappa shape index (κ2) is 7.46. The number of halogens is 2. The first kappa shape index (κ1) is 20.2. The summed E-state index contributed by atoms with van der Waals surface area (Å²) in [6.45, 7) is 2.34. The maximum atomic E-state index is 14.4. The molecule has 5 rings (SSSR count). The molecule has 0 aliphatic carbocycles. The topological polar surface area (TPSA) is 40.6 Å². The van der Waals surface area contributed by atoms with Gasteiger partial charge in [0.15, 0.2) is 4.87 Å². The van der Waals surface area contributed by atoms with Crippen molar-refractivity contribution in [2.75, 3.05) is 17.2 Å². The molecule has 2 amide bonds. The van der Waals surface area contributed by atoms with E-state index in [4.69, 9.17) is 0 Å². The monoisotopic (exact) mass is 456 g/mol. The van der Waals surface area contributed by atoms with E-state index in [1.54, 1.807) is 11.0 Å². The predicted molar refractivity (Wildman–Crippen MR) is 118 cm³/mol. The van der Waals surface area contributed by atoms with E-state index in [2.05, 4.69) is 0 Å². The maximum Gasteiger partial charge on any atom is 0.268 e. The number of carbonyl (C=O) groups excluding carboxylic acids is 2. The fourth-order valence-corrected chi connectivity index (χ4v) is 6.36. The fourth-order valence-electron chi connectivity index (χ4n) is 4.24. The van der Waals surface area contributed by atoms with Gasteiger partial charge in [-0.15, -0.1) is 23.1 Å². The quantitative estimate of drug-likeness (QED) is 0.562. The first-order chi connectivity index (χ1) is 14.9. The highest BCUT2D eigenvalue weighted by Gasteiger charge is 2.59. The molecule has 8 heteroatoms. The first-order valence-electron chi connectivity index (χ1n) is 9.78. The molecule has 2 aliphatic rings. The summed E-state index contributed by atoms with van der Waals surface area (Å²) in [5, 5.41) is 1.83. The molecule has 4 nitrogen and oxygen atoms in total. The molecular formula is C23H18F2N2O2S2. The Morgan fingerprint density at radius 2 is 2.00 bits per heavy atom. The molecule has 1 spiro atoms. The molecule has 3 aromatic rings. The summed E-state index contributed by atoms with van der Waals surface area (Å²) in [6.07, 6.45) is 0. The van der Waals surface area contributed by atoms with Gasteiger partial charge in [-0.3, -0.25) is 9.59 Å². The summed E-state index contributed by atoms with van der Waals surface area (Å²) in [5.74, 6) is -1.21. The van der Waals surface area contributed by atoms with Gasteiger partial charge in [-0.25, -0.2) is 8.78 Å². The smallest absolute Gasteiger partial charge is 0.268 e. The first-order valence-corrected chi connectivity index (χ1v) is 11.6. The standard InChI is InChI=1S/C23H18F2N2O2S2/c1-14-4-7-19-17(11-14)23(27(8-10-31-23)21(28)20-3-2-9-30-20)22(29)26(19)13-15-5-6-16(24)12-18(15)25/h2-7,9,11-12H,8,10,13H2,1H3/t23-/m1/s1. The number of anilines is 1. The van der Waals surface area contributed by atoms with Crippen molar-refractivity contribution >= 4 is 40.6 Å². The summed E-state index contributed by atoms with van der Waals surface area (Å²) in [6, 6.07) is 12.6. The van der Waals surface area contributed by atoms with Crippen molar-refractivity contribution in [1.29, 1.82) is 0 Å². The van der Waals surface area contributed by atoms with Gasteiger partial charge in [-0.2, -0.15) is 0 Å². The number of hydrogen-bond donors (Lipinski definition) is 0. The molecule has 1 saturated heterocycles. The van der Waals surface area contributed by atoms with Gasteiger partial charge < -0.3 is 9.80 Å². The summed E-state index contributed by atoms with van der Waals surface area (Å²) in [5.41, 5.74) is 2.58. The number of thiophene rings is 1. The van der Waals surface area contributed by atoms with Gasteiger partial charge in [0.1, 0.15) is 11.6 Å². The Morgan fingerprint density at radius 1 is 1.16 bits per heavy atom. The minimum Gasteiger partial charge on any atom is -0.310 e. The number of benzene rings is 2. The molecule has 0 radical (unpaired) electrons. The van der Waals surface area contributed by atoms with Crippen molar-refractivity contribution in [2.24, 2.45) is 0 Å². The molecule has 0 saturated carbocycles. The van der Waals surface area contributed by atoms with Crippen LogP contribution in [0.4, 0.5) is 14.5 Å². The number of rotatable bonds is 3. The van der Waals surface area contributed by atoms with Crippen LogP contribution in [-0.4, -0.2) is 29.0 Å². The zero-order chi connectivity index (χ0) is 21.8. The normalized spacial score (nSPS) is 20.0. The third kappa shape index (κ3) is 3.08. The second-order valence-electron chi connectivity index (χ2n) is 7.57. The van der Waals surface area contributed by atoms with Crippen LogP contribution in [-0.2, 0) is 16.2 Å². The lowest BCUT2D eigenvalue weighted by molar-refractivity contribution is -0.123. The minimum absolute atomic E-state index is 0.0374. The SMILES string of the molecule is Cc1ccc2c(c1)[C@@]1(SCCN1C(=O)c1cccs1)C(=O)N2Cc1ccc(F)cc1F. The van der Waals surface area contributed by atoms with Crippen molar-refractivity contribution in [1.82, 2.24) is 4.90 Å². The van der Waals surface area contributed by atoms with Crippen LogP contribution in [0.5, 0.6) is 0 Å². The third-order valence-corrected chi connectivity index (χ3v) is 7.95. The van der Waals surface area contributed by atoms with Crippen molar-refractivity contribution in [2.45, 2.75) is 18.3 Å². The maximum absolute atomic E-state index is 14.4. The van der Waals surface area contributed by atoms with E-state index in [1.165, 1.54) is 40.1 Å². The van der Waals surface area contributed by atoms with Gasteiger partial charge >= 0.3 is 0 Å². The van der Waals surface area contributed by atoms with Crippen LogP contribution in [0.3, 0.4) is 0 Å². The van der Waals surface area contributed by atoms with E-state index < -0.39 is 16.5 Å². The number of hydrogen-bond acceptors (Lipinski definition) is 4. The molecule has 2 aromatic carbocycles. The number of fused-ring (bicyclic) bond motifs is 2. The highest BCUT2D eigenvalue weighted by Crippen LogP contribution is 2.55. The van der Waals surface area contributed by atoms with Crippen LogP contribution in [0, 0.1) is 18.6 Å². The molecule has 158 valence electrons. The van der Waals surface area contributed by atoms with Crippen LogP contribution in [0.15, 0.2) is 53.9 Å². The Kier molecular flexibility index (Phi) is 4.86. The Labute approximate surface area is 186 Å². The number of aryl methyl sites for hydroxylation is 1. The predicted octanol–water partition coefficient (Wildman–Crippen LogP) is 4.92. The van der Waals surface area contributed by atoms with Crippen LogP contribution in [0.25, 0.3) is 0 Å². The number of amides is 2. The molecule has 3 heterocycles. The van der Waals surface area contributed by atoms with E-state index in [1.807, 2.05) is 36.6 Å². The average molecular weight is 457 g/mol. The lowest BCUT2D eigenvalue weighted by Crippen LogP contribution is -2.50. The summed E-state index contributed by atoms with van der Waals surface area (Å²) in [4.78, 5) is 29.7. The highest BCUT2D eigenvalue weighted by atomic mass is 32.2. The number of nitrogens with zero attached hydrogens (tertiary/aromatic N) is 2. The van der Waals surface area contributed by atoms with Crippen LogP contribution >= 0.6 is 23.1 Å². The van der Waals surface area contributed by atoms with E-state index in [0.29, 0.717) is 22.9 Å². The molecule has 0 bridgehead atoms. The van der Waals surface area contributed by atoms with Gasteiger partial charge in [0.2, 0.25) is 0 Å². The molecule has 1 fully saturated rings. The largest absolute Gasteiger partial charge is 0.310 e. The highest BCUT2D eigenvalue weighted by molar-refractivity contribution is 8.01. The van der Waals surface area contributed by atoms with Gasteiger partial charge in [0.25, 0.3) is 11.8 Å². The second-order valence-corrected chi connectivity index (χ2v) is 9.81. The summed E-state index contributed by atoms with van der Waals surface area (Å²) < 4.78 is 27.8. The van der Waals surface area contributed by atoms with Gasteiger partial charge in [0.05, 0.1) is 17.1 Å².